The van der Waals surface area contributed by atoms with Gasteiger partial charge in [0.2, 0.25) is 6.41 Å². The molecule has 0 unspecified atom stereocenters. The summed E-state index contributed by atoms with van der Waals surface area (Å²) in [5, 5.41) is 1.84. The molecule has 0 saturated carbocycles. The summed E-state index contributed by atoms with van der Waals surface area (Å²) in [6.07, 6.45) is 0.455. The van der Waals surface area contributed by atoms with Gasteiger partial charge in [-0.15, -0.1) is 11.8 Å². The Balaban J connectivity index is 1.72. The van der Waals surface area contributed by atoms with Crippen LogP contribution < -0.4 is 5.32 Å². The molecule has 0 radical (unpaired) electrons. The fourth-order valence-electron chi connectivity index (χ4n) is 3.67. The molecule has 2 amide bonds. The summed E-state index contributed by atoms with van der Waals surface area (Å²) in [4.78, 5) is 38.1. The molecule has 9 nitrogen and oxygen atoms in total. The number of benzene rings is 2. The summed E-state index contributed by atoms with van der Waals surface area (Å²) >= 11 is 1.17. The van der Waals surface area contributed by atoms with E-state index in [0.29, 0.717) is 17.5 Å². The van der Waals surface area contributed by atoms with Crippen LogP contribution in [0.25, 0.3) is 0 Å². The number of ether oxygens (including phenoxy) is 1. The highest BCUT2D eigenvalue weighted by Gasteiger charge is 2.55. The predicted octanol–water partition coefficient (Wildman–Crippen LogP) is 1.54. The summed E-state index contributed by atoms with van der Waals surface area (Å²) in [5.74, 6) is -1.66. The zero-order chi connectivity index (χ0) is 23.6. The van der Waals surface area contributed by atoms with Gasteiger partial charge < -0.3 is 14.2 Å². The van der Waals surface area contributed by atoms with E-state index in [1.54, 1.807) is 48.5 Å². The molecule has 2 aliphatic heterocycles. The van der Waals surface area contributed by atoms with Gasteiger partial charge in [0.15, 0.2) is 17.6 Å². The minimum Gasteiger partial charge on any atom is -0.448 e. The number of carbonyl (C=O) groups is 3. The molecule has 1 fully saturated rings. The van der Waals surface area contributed by atoms with Crippen LogP contribution >= 0.6 is 11.8 Å². The second-order valence-corrected chi connectivity index (χ2v) is 10.0. The van der Waals surface area contributed by atoms with Crippen molar-refractivity contribution < 1.29 is 31.7 Å². The smallest absolute Gasteiger partial charge is 0.359 e. The van der Waals surface area contributed by atoms with E-state index in [1.807, 2.05) is 12.1 Å². The first-order valence-electron chi connectivity index (χ1n) is 9.88. The number of nitrogens with one attached hydrogen (secondary N) is 1. The molecule has 1 N–H and O–H groups in total. The number of hydrogen-bond acceptors (Lipinski definition) is 8. The number of carbonyl (C=O) groups excluding carboxylic acids is 3. The third-order valence-corrected chi connectivity index (χ3v) is 6.81. The van der Waals surface area contributed by atoms with E-state index in [2.05, 4.69) is 5.32 Å². The van der Waals surface area contributed by atoms with Gasteiger partial charge in [-0.25, -0.2) is 4.79 Å². The number of amides is 2. The van der Waals surface area contributed by atoms with Crippen molar-refractivity contribution in [2.75, 3.05) is 12.0 Å². The first kappa shape index (κ1) is 22.9. The Bertz CT molecular complexity index is 1160. The van der Waals surface area contributed by atoms with Gasteiger partial charge in [-0.3, -0.25) is 14.5 Å². The average molecular weight is 489 g/mol. The molecule has 1 saturated heterocycles. The Morgan fingerprint density at radius 1 is 1.12 bits per heavy atom. The number of β-lactam (4-membered cyclic amide) rings is 1. The van der Waals surface area contributed by atoms with E-state index < -0.39 is 39.5 Å². The average Bonchev–Trinajstić information content (AvgIpc) is 2.80. The lowest BCUT2D eigenvalue weighted by Gasteiger charge is -2.48. The predicted molar refractivity (Wildman–Crippen MR) is 120 cm³/mol. The Labute approximate surface area is 194 Å². The van der Waals surface area contributed by atoms with Crippen molar-refractivity contribution >= 4 is 40.2 Å². The maximum atomic E-state index is 13.4. The zero-order valence-corrected chi connectivity index (χ0v) is 19.0. The molecule has 172 valence electrons. The lowest BCUT2D eigenvalue weighted by atomic mass is 10.0. The molecule has 0 bridgehead atoms. The van der Waals surface area contributed by atoms with Crippen LogP contribution in [0.3, 0.4) is 0 Å². The number of nitrogens with zero attached hydrogens (tertiary/aromatic N) is 1. The SMILES string of the molecule is CS(=O)(=O)OC1=C(C(=O)OC(c2ccccc2)c2ccccc2)N2C(=O)[C@@H](NC=O)[C@H]2SC1. The normalized spacial score (nSPS) is 20.1. The molecule has 2 aromatic carbocycles. The summed E-state index contributed by atoms with van der Waals surface area (Å²) in [5.41, 5.74) is 1.11. The highest BCUT2D eigenvalue weighted by atomic mass is 32.2. The van der Waals surface area contributed by atoms with Crippen molar-refractivity contribution in [1.82, 2.24) is 10.2 Å². The molecule has 0 aromatic heterocycles. The number of rotatable bonds is 8. The topological polar surface area (TPSA) is 119 Å². The number of esters is 1. The number of fused-ring (bicyclic) bond motifs is 1. The van der Waals surface area contributed by atoms with Crippen LogP contribution in [0.4, 0.5) is 0 Å². The minimum atomic E-state index is -3.97. The number of thioether (sulfide) groups is 1. The Hall–Kier alpha value is -3.31. The second-order valence-electron chi connectivity index (χ2n) is 7.34. The first-order chi connectivity index (χ1) is 15.8. The van der Waals surface area contributed by atoms with E-state index >= 15 is 0 Å². The molecule has 2 aromatic rings. The van der Waals surface area contributed by atoms with Crippen LogP contribution in [0, 0.1) is 0 Å². The van der Waals surface area contributed by atoms with Crippen molar-refractivity contribution in [3.63, 3.8) is 0 Å². The Kier molecular flexibility index (Phi) is 6.43. The van der Waals surface area contributed by atoms with Crippen LogP contribution in [0.1, 0.15) is 17.2 Å². The summed E-state index contributed by atoms with van der Waals surface area (Å²) in [6, 6.07) is 17.2. The summed E-state index contributed by atoms with van der Waals surface area (Å²) in [7, 11) is -3.97. The zero-order valence-electron chi connectivity index (χ0n) is 17.4. The van der Waals surface area contributed by atoms with Crippen molar-refractivity contribution in [2.24, 2.45) is 0 Å². The molecule has 33 heavy (non-hydrogen) atoms. The van der Waals surface area contributed by atoms with Gasteiger partial charge in [-0.1, -0.05) is 60.7 Å². The van der Waals surface area contributed by atoms with Gasteiger partial charge in [0, 0.05) is 0 Å². The Morgan fingerprint density at radius 2 is 1.70 bits per heavy atom. The monoisotopic (exact) mass is 488 g/mol. The summed E-state index contributed by atoms with van der Waals surface area (Å²) < 4.78 is 34.5. The second kappa shape index (κ2) is 9.28. The molecule has 2 heterocycles. The van der Waals surface area contributed by atoms with E-state index in [9.17, 15) is 22.8 Å². The van der Waals surface area contributed by atoms with Gasteiger partial charge in [0.1, 0.15) is 11.4 Å². The van der Waals surface area contributed by atoms with Crippen molar-refractivity contribution in [3.8, 4) is 0 Å². The highest BCUT2D eigenvalue weighted by molar-refractivity contribution is 8.00. The van der Waals surface area contributed by atoms with E-state index in [4.69, 9.17) is 8.92 Å². The van der Waals surface area contributed by atoms with Crippen LogP contribution in [-0.4, -0.2) is 55.0 Å². The molecular formula is C22H20N2O7S2. The van der Waals surface area contributed by atoms with E-state index in [-0.39, 0.29) is 17.2 Å². The van der Waals surface area contributed by atoms with Gasteiger partial charge in [0.05, 0.1) is 12.0 Å². The minimum absolute atomic E-state index is 0.00429. The maximum Gasteiger partial charge on any atom is 0.359 e. The van der Waals surface area contributed by atoms with Gasteiger partial charge >= 0.3 is 16.1 Å². The van der Waals surface area contributed by atoms with Crippen molar-refractivity contribution in [2.45, 2.75) is 17.5 Å². The molecule has 2 aliphatic rings. The number of hydrogen-bond donors (Lipinski definition) is 1. The maximum absolute atomic E-state index is 13.4. The largest absolute Gasteiger partial charge is 0.448 e. The van der Waals surface area contributed by atoms with Gasteiger partial charge in [-0.2, -0.15) is 8.42 Å². The molecule has 11 heteroatoms. The summed E-state index contributed by atoms with van der Waals surface area (Å²) in [6.45, 7) is 0. The molecule has 0 spiro atoms. The van der Waals surface area contributed by atoms with Gasteiger partial charge in [0.25, 0.3) is 5.91 Å². The van der Waals surface area contributed by atoms with Crippen LogP contribution in [0.15, 0.2) is 72.1 Å². The van der Waals surface area contributed by atoms with E-state index in [1.165, 1.54) is 11.8 Å². The third kappa shape index (κ3) is 4.74. The lowest BCUT2D eigenvalue weighted by molar-refractivity contribution is -0.154. The molecule has 4 rings (SSSR count). The fourth-order valence-corrected chi connectivity index (χ4v) is 5.51. The van der Waals surface area contributed by atoms with Crippen LogP contribution in [0.5, 0.6) is 0 Å². The third-order valence-electron chi connectivity index (χ3n) is 5.06. The molecule has 2 atom stereocenters. The molecule has 0 aliphatic carbocycles. The first-order valence-corrected chi connectivity index (χ1v) is 12.7. The highest BCUT2D eigenvalue weighted by Crippen LogP contribution is 2.42. The quantitative estimate of drug-likeness (QED) is 0.257. The van der Waals surface area contributed by atoms with Crippen molar-refractivity contribution in [3.05, 3.63) is 83.2 Å². The van der Waals surface area contributed by atoms with Crippen LogP contribution in [-0.2, 0) is 33.4 Å². The molecular weight excluding hydrogens is 468 g/mol. The lowest BCUT2D eigenvalue weighted by Crippen LogP contribution is -2.69. The van der Waals surface area contributed by atoms with Gasteiger partial charge in [-0.05, 0) is 11.1 Å². The standard InChI is InChI=1S/C22H20N2O7S2/c1-33(28,29)31-16-12-32-21-17(23-13-25)20(26)24(21)18(16)22(27)30-19(14-8-4-2-5-9-14)15-10-6-3-7-11-15/h2-11,13,17,19,21H,12H2,1H3,(H,23,25)/t17-,21-/m1/s1. The van der Waals surface area contributed by atoms with E-state index in [0.717, 1.165) is 11.2 Å². The van der Waals surface area contributed by atoms with Crippen LogP contribution in [0.2, 0.25) is 0 Å². The van der Waals surface area contributed by atoms with Crippen molar-refractivity contribution in [1.29, 1.82) is 0 Å². The fraction of sp³-hybridized carbons (Fsp3) is 0.227. The Morgan fingerprint density at radius 3 is 2.21 bits per heavy atom.